The number of amides is 2. The molecule has 0 saturated carbocycles. The number of hydrogen-bond donors (Lipinski definition) is 1. The van der Waals surface area contributed by atoms with Crippen molar-refractivity contribution >= 4 is 23.5 Å². The molecule has 0 aliphatic carbocycles. The van der Waals surface area contributed by atoms with Crippen molar-refractivity contribution in [3.63, 3.8) is 0 Å². The molecule has 5 heteroatoms. The zero-order valence-electron chi connectivity index (χ0n) is 13.7. The van der Waals surface area contributed by atoms with E-state index < -0.39 is 17.8 Å². The fourth-order valence-corrected chi connectivity index (χ4v) is 3.12. The molecule has 122 valence electrons. The van der Waals surface area contributed by atoms with Gasteiger partial charge in [0.05, 0.1) is 22.4 Å². The predicted octanol–water partition coefficient (Wildman–Crippen LogP) is 3.62. The molecule has 0 atom stereocenters. The zero-order valence-corrected chi connectivity index (χ0v) is 13.7. The molecule has 0 radical (unpaired) electrons. The summed E-state index contributed by atoms with van der Waals surface area (Å²) in [4.78, 5) is 38.3. The number of rotatable bonds is 3. The molecule has 3 rings (SSSR count). The normalized spacial score (nSPS) is 13.6. The molecule has 1 N–H and O–H groups in total. The molecule has 2 aromatic carbocycles. The molecular formula is C19H17NO4. The highest BCUT2D eigenvalue weighted by molar-refractivity contribution is 6.36. The molecule has 0 fully saturated rings. The molecule has 0 aromatic heterocycles. The molecule has 24 heavy (non-hydrogen) atoms. The second-order valence-electron chi connectivity index (χ2n) is 6.15. The van der Waals surface area contributed by atoms with Crippen LogP contribution in [0.1, 0.15) is 62.0 Å². The van der Waals surface area contributed by atoms with Crippen LogP contribution in [0.4, 0.5) is 5.69 Å². The number of aryl methyl sites for hydroxylation is 1. The average Bonchev–Trinajstić information content (AvgIpc) is 2.79. The summed E-state index contributed by atoms with van der Waals surface area (Å²) in [5.41, 5.74) is 2.18. The lowest BCUT2D eigenvalue weighted by Crippen LogP contribution is -2.31. The number of carboxylic acids is 1. The van der Waals surface area contributed by atoms with Crippen molar-refractivity contribution in [2.45, 2.75) is 26.7 Å². The molecule has 1 heterocycles. The quantitative estimate of drug-likeness (QED) is 0.876. The Morgan fingerprint density at radius 1 is 1.04 bits per heavy atom. The van der Waals surface area contributed by atoms with E-state index in [2.05, 4.69) is 0 Å². The zero-order chi connectivity index (χ0) is 17.6. The lowest BCUT2D eigenvalue weighted by molar-refractivity contribution is 0.0692. The lowest BCUT2D eigenvalue weighted by atomic mass is 9.97. The van der Waals surface area contributed by atoms with E-state index in [4.69, 9.17) is 0 Å². The van der Waals surface area contributed by atoms with Gasteiger partial charge >= 0.3 is 5.97 Å². The summed E-state index contributed by atoms with van der Waals surface area (Å²) in [6, 6.07) is 9.93. The molecule has 1 aliphatic heterocycles. The highest BCUT2D eigenvalue weighted by atomic mass is 16.4. The lowest BCUT2D eigenvalue weighted by Gasteiger charge is -2.22. The van der Waals surface area contributed by atoms with Gasteiger partial charge in [-0.05, 0) is 36.1 Å². The maximum Gasteiger partial charge on any atom is 0.336 e. The SMILES string of the molecule is Cc1cccc(C(C)C)c1N1C(=O)c2cccc(C(=O)O)c2C1=O. The molecule has 5 nitrogen and oxygen atoms in total. The molecule has 0 unspecified atom stereocenters. The molecule has 2 amide bonds. The van der Waals surface area contributed by atoms with Gasteiger partial charge in [-0.3, -0.25) is 9.59 Å². The molecule has 0 bridgehead atoms. The molecular weight excluding hydrogens is 306 g/mol. The van der Waals surface area contributed by atoms with E-state index in [1.807, 2.05) is 39.0 Å². The monoisotopic (exact) mass is 323 g/mol. The Labute approximate surface area is 139 Å². The van der Waals surface area contributed by atoms with Crippen LogP contribution in [0, 0.1) is 6.92 Å². The largest absolute Gasteiger partial charge is 0.478 e. The third-order valence-corrected chi connectivity index (χ3v) is 4.26. The molecule has 0 saturated heterocycles. The van der Waals surface area contributed by atoms with E-state index >= 15 is 0 Å². The predicted molar refractivity (Wildman–Crippen MR) is 89.8 cm³/mol. The van der Waals surface area contributed by atoms with Crippen LogP contribution in [-0.2, 0) is 0 Å². The first kappa shape index (κ1) is 15.9. The van der Waals surface area contributed by atoms with Crippen molar-refractivity contribution < 1.29 is 19.5 Å². The Bertz CT molecular complexity index is 883. The third kappa shape index (κ3) is 2.21. The van der Waals surface area contributed by atoms with Gasteiger partial charge in [0.1, 0.15) is 0 Å². The summed E-state index contributed by atoms with van der Waals surface area (Å²) in [5.74, 6) is -2.16. The summed E-state index contributed by atoms with van der Waals surface area (Å²) in [6.07, 6.45) is 0. The van der Waals surface area contributed by atoms with Crippen molar-refractivity contribution in [2.24, 2.45) is 0 Å². The van der Waals surface area contributed by atoms with Crippen molar-refractivity contribution in [3.05, 3.63) is 64.2 Å². The van der Waals surface area contributed by atoms with Crippen LogP contribution in [0.15, 0.2) is 36.4 Å². The van der Waals surface area contributed by atoms with Gasteiger partial charge in [-0.25, -0.2) is 9.69 Å². The Hall–Kier alpha value is -2.95. The van der Waals surface area contributed by atoms with Crippen molar-refractivity contribution in [1.29, 1.82) is 0 Å². The minimum absolute atomic E-state index is 0.0343. The summed E-state index contributed by atoms with van der Waals surface area (Å²) in [7, 11) is 0. The summed E-state index contributed by atoms with van der Waals surface area (Å²) in [5, 5.41) is 9.33. The standard InChI is InChI=1S/C19H17NO4/c1-10(2)12-7-4-6-11(3)16(12)20-17(21)13-8-5-9-14(19(23)24)15(13)18(20)22/h4-10H,1-3H3,(H,23,24). The minimum Gasteiger partial charge on any atom is -0.478 e. The Morgan fingerprint density at radius 2 is 1.71 bits per heavy atom. The van der Waals surface area contributed by atoms with E-state index in [-0.39, 0.29) is 22.6 Å². The number of benzene rings is 2. The van der Waals surface area contributed by atoms with Crippen LogP contribution < -0.4 is 4.90 Å². The van der Waals surface area contributed by atoms with Crippen LogP contribution in [0.25, 0.3) is 0 Å². The number of carbonyl (C=O) groups is 3. The maximum atomic E-state index is 12.9. The second-order valence-corrected chi connectivity index (χ2v) is 6.15. The second kappa shape index (κ2) is 5.60. The fourth-order valence-electron chi connectivity index (χ4n) is 3.12. The number of imide groups is 1. The average molecular weight is 323 g/mol. The molecule has 2 aromatic rings. The van der Waals surface area contributed by atoms with Gasteiger partial charge < -0.3 is 5.11 Å². The summed E-state index contributed by atoms with van der Waals surface area (Å²) >= 11 is 0. The molecule has 1 aliphatic rings. The number of anilines is 1. The van der Waals surface area contributed by atoms with Gasteiger partial charge in [-0.15, -0.1) is 0 Å². The van der Waals surface area contributed by atoms with E-state index in [1.165, 1.54) is 18.2 Å². The van der Waals surface area contributed by atoms with Crippen LogP contribution in [0.2, 0.25) is 0 Å². The van der Waals surface area contributed by atoms with E-state index in [0.29, 0.717) is 5.69 Å². The Morgan fingerprint density at radius 3 is 2.33 bits per heavy atom. The number of para-hydroxylation sites is 1. The van der Waals surface area contributed by atoms with Crippen molar-refractivity contribution in [3.8, 4) is 0 Å². The first-order valence-electron chi connectivity index (χ1n) is 7.69. The maximum absolute atomic E-state index is 12.9. The van der Waals surface area contributed by atoms with Crippen LogP contribution >= 0.6 is 0 Å². The first-order valence-corrected chi connectivity index (χ1v) is 7.69. The van der Waals surface area contributed by atoms with Gasteiger partial charge in [-0.2, -0.15) is 0 Å². The topological polar surface area (TPSA) is 74.7 Å². The highest BCUT2D eigenvalue weighted by Crippen LogP contribution is 2.37. The number of aromatic carboxylic acids is 1. The number of fused-ring (bicyclic) bond motifs is 1. The van der Waals surface area contributed by atoms with Gasteiger partial charge in [0.25, 0.3) is 11.8 Å². The summed E-state index contributed by atoms with van der Waals surface area (Å²) in [6.45, 7) is 5.81. The van der Waals surface area contributed by atoms with E-state index in [1.54, 1.807) is 0 Å². The first-order chi connectivity index (χ1) is 11.3. The number of carboxylic acid groups (broad SMARTS) is 1. The third-order valence-electron chi connectivity index (χ3n) is 4.26. The molecule has 0 spiro atoms. The summed E-state index contributed by atoms with van der Waals surface area (Å²) < 4.78 is 0. The van der Waals surface area contributed by atoms with E-state index in [0.717, 1.165) is 16.0 Å². The van der Waals surface area contributed by atoms with Gasteiger partial charge in [-0.1, -0.05) is 38.1 Å². The van der Waals surface area contributed by atoms with Crippen molar-refractivity contribution in [2.75, 3.05) is 4.90 Å². The minimum atomic E-state index is -1.22. The smallest absolute Gasteiger partial charge is 0.336 e. The van der Waals surface area contributed by atoms with Crippen LogP contribution in [0.5, 0.6) is 0 Å². The highest BCUT2D eigenvalue weighted by Gasteiger charge is 2.41. The van der Waals surface area contributed by atoms with Gasteiger partial charge in [0, 0.05) is 0 Å². The van der Waals surface area contributed by atoms with Crippen LogP contribution in [-0.4, -0.2) is 22.9 Å². The number of hydrogen-bond acceptors (Lipinski definition) is 3. The van der Waals surface area contributed by atoms with Crippen molar-refractivity contribution in [1.82, 2.24) is 0 Å². The van der Waals surface area contributed by atoms with E-state index in [9.17, 15) is 19.5 Å². The van der Waals surface area contributed by atoms with Gasteiger partial charge in [0.2, 0.25) is 0 Å². The van der Waals surface area contributed by atoms with Crippen LogP contribution in [0.3, 0.4) is 0 Å². The Kier molecular flexibility index (Phi) is 3.72. The number of carbonyl (C=O) groups excluding carboxylic acids is 2. The fraction of sp³-hybridized carbons (Fsp3) is 0.211. The Balaban J connectivity index is 2.24. The number of nitrogens with zero attached hydrogens (tertiary/aromatic N) is 1. The van der Waals surface area contributed by atoms with Gasteiger partial charge in [0.15, 0.2) is 0 Å².